The van der Waals surface area contributed by atoms with Gasteiger partial charge in [0.25, 0.3) is 5.91 Å². The van der Waals surface area contributed by atoms with Gasteiger partial charge < -0.3 is 10.6 Å². The lowest BCUT2D eigenvalue weighted by molar-refractivity contribution is -0.120. The summed E-state index contributed by atoms with van der Waals surface area (Å²) < 4.78 is 0. The van der Waals surface area contributed by atoms with Crippen molar-refractivity contribution in [3.05, 3.63) is 17.5 Å². The van der Waals surface area contributed by atoms with Crippen LogP contribution in [0, 0.1) is 12.8 Å². The molecule has 0 unspecified atom stereocenters. The molecule has 2 amide bonds. The minimum atomic E-state index is -0.295. The van der Waals surface area contributed by atoms with E-state index in [1.54, 1.807) is 6.92 Å². The van der Waals surface area contributed by atoms with Crippen LogP contribution in [0.4, 0.5) is 0 Å². The maximum Gasteiger partial charge on any atom is 0.255 e. The smallest absolute Gasteiger partial charge is 0.255 e. The number of rotatable bonds is 5. The number of amides is 2. The van der Waals surface area contributed by atoms with Gasteiger partial charge >= 0.3 is 0 Å². The van der Waals surface area contributed by atoms with E-state index in [2.05, 4.69) is 20.8 Å². The van der Waals surface area contributed by atoms with E-state index in [1.165, 1.54) is 6.20 Å². The predicted molar refractivity (Wildman–Crippen MR) is 63.5 cm³/mol. The molecule has 0 radical (unpaired) electrons. The number of carbonyl (C=O) groups excluding carboxylic acids is 2. The van der Waals surface area contributed by atoms with Gasteiger partial charge in [-0.15, -0.1) is 0 Å². The largest absolute Gasteiger partial charge is 0.354 e. The maximum atomic E-state index is 11.6. The predicted octanol–water partition coefficient (Wildman–Crippen LogP) is 0.220. The van der Waals surface area contributed by atoms with Crippen LogP contribution in [-0.2, 0) is 4.79 Å². The Balaban J connectivity index is 2.34. The van der Waals surface area contributed by atoms with Gasteiger partial charge in [-0.25, -0.2) is 0 Å². The topological polar surface area (TPSA) is 86.9 Å². The second-order valence-electron chi connectivity index (χ2n) is 4.29. The second-order valence-corrected chi connectivity index (χ2v) is 4.29. The Morgan fingerprint density at radius 2 is 2.12 bits per heavy atom. The van der Waals surface area contributed by atoms with E-state index in [9.17, 15) is 9.59 Å². The lowest BCUT2D eigenvalue weighted by atomic mass is 10.2. The molecule has 94 valence electrons. The van der Waals surface area contributed by atoms with Gasteiger partial charge in [0, 0.05) is 12.2 Å². The summed E-state index contributed by atoms with van der Waals surface area (Å²) in [6, 6.07) is 0. The van der Waals surface area contributed by atoms with Crippen molar-refractivity contribution in [1.29, 1.82) is 0 Å². The molecule has 0 bridgehead atoms. The van der Waals surface area contributed by atoms with E-state index < -0.39 is 0 Å². The van der Waals surface area contributed by atoms with Crippen LogP contribution in [0.2, 0.25) is 0 Å². The highest BCUT2D eigenvalue weighted by molar-refractivity contribution is 5.97. The molecule has 6 heteroatoms. The van der Waals surface area contributed by atoms with E-state index in [4.69, 9.17) is 0 Å². The van der Waals surface area contributed by atoms with E-state index in [-0.39, 0.29) is 18.4 Å². The molecule has 0 aliphatic carbocycles. The number of carbonyl (C=O) groups is 2. The Kier molecular flexibility index (Phi) is 4.68. The van der Waals surface area contributed by atoms with Crippen LogP contribution in [0.1, 0.15) is 29.9 Å². The summed E-state index contributed by atoms with van der Waals surface area (Å²) in [6.45, 7) is 6.36. The Morgan fingerprint density at radius 1 is 1.41 bits per heavy atom. The number of nitrogens with zero attached hydrogens (tertiary/aromatic N) is 1. The summed E-state index contributed by atoms with van der Waals surface area (Å²) in [6.07, 6.45) is 1.44. The Bertz CT molecular complexity index is 398. The van der Waals surface area contributed by atoms with Crippen LogP contribution >= 0.6 is 0 Å². The fourth-order valence-electron chi connectivity index (χ4n) is 1.22. The van der Waals surface area contributed by atoms with Crippen molar-refractivity contribution >= 4 is 11.8 Å². The van der Waals surface area contributed by atoms with Crippen LogP contribution in [-0.4, -0.2) is 35.1 Å². The minimum Gasteiger partial charge on any atom is -0.354 e. The molecule has 0 aromatic carbocycles. The summed E-state index contributed by atoms with van der Waals surface area (Å²) in [4.78, 5) is 23.0. The highest BCUT2D eigenvalue weighted by Crippen LogP contribution is 2.01. The lowest BCUT2D eigenvalue weighted by Crippen LogP contribution is -2.38. The molecule has 1 aromatic heterocycles. The number of aryl methyl sites for hydroxylation is 1. The van der Waals surface area contributed by atoms with Gasteiger partial charge in [0.2, 0.25) is 5.91 Å². The Labute approximate surface area is 100 Å². The number of H-pyrrole nitrogens is 1. The highest BCUT2D eigenvalue weighted by Gasteiger charge is 2.11. The molecule has 0 atom stereocenters. The van der Waals surface area contributed by atoms with Gasteiger partial charge in [0.15, 0.2) is 0 Å². The second kappa shape index (κ2) is 6.03. The molecule has 3 N–H and O–H groups in total. The third-order valence-corrected chi connectivity index (χ3v) is 2.19. The monoisotopic (exact) mass is 238 g/mol. The standard InChI is InChI=1S/C11H18N4O2/c1-7(2)4-12-10(16)6-13-11(17)9-5-14-15-8(9)3/h5,7H,4,6H2,1-3H3,(H,12,16)(H,13,17)(H,14,15). The average molecular weight is 238 g/mol. The summed E-state index contributed by atoms with van der Waals surface area (Å²) in [7, 11) is 0. The van der Waals surface area contributed by atoms with Crippen LogP contribution in [0.5, 0.6) is 0 Å². The molecular weight excluding hydrogens is 220 g/mol. The zero-order valence-electron chi connectivity index (χ0n) is 10.3. The van der Waals surface area contributed by atoms with Crippen molar-refractivity contribution in [2.24, 2.45) is 5.92 Å². The fourth-order valence-corrected chi connectivity index (χ4v) is 1.22. The number of hydrogen-bond donors (Lipinski definition) is 3. The molecule has 1 rings (SSSR count). The molecule has 1 heterocycles. The first-order valence-corrected chi connectivity index (χ1v) is 5.55. The fraction of sp³-hybridized carbons (Fsp3) is 0.545. The van der Waals surface area contributed by atoms with Crippen LogP contribution in [0.3, 0.4) is 0 Å². The third-order valence-electron chi connectivity index (χ3n) is 2.19. The number of hydrogen-bond acceptors (Lipinski definition) is 3. The Hall–Kier alpha value is -1.85. The van der Waals surface area contributed by atoms with Gasteiger partial charge in [-0.05, 0) is 12.8 Å². The molecule has 1 aromatic rings. The SMILES string of the molecule is Cc1[nH]ncc1C(=O)NCC(=O)NCC(C)C. The summed E-state index contributed by atoms with van der Waals surface area (Å²) in [5.74, 6) is -0.0880. The van der Waals surface area contributed by atoms with Crippen LogP contribution < -0.4 is 10.6 Å². The van der Waals surface area contributed by atoms with E-state index in [0.717, 1.165) is 0 Å². The first kappa shape index (κ1) is 13.2. The molecule has 0 fully saturated rings. The third kappa shape index (κ3) is 4.26. The molecule has 0 spiro atoms. The molecule has 17 heavy (non-hydrogen) atoms. The zero-order chi connectivity index (χ0) is 12.8. The average Bonchev–Trinajstić information content (AvgIpc) is 2.69. The molecule has 0 aliphatic rings. The first-order chi connectivity index (χ1) is 8.00. The maximum absolute atomic E-state index is 11.6. The molecule has 6 nitrogen and oxygen atoms in total. The number of aromatic nitrogens is 2. The highest BCUT2D eigenvalue weighted by atomic mass is 16.2. The van der Waals surface area contributed by atoms with Crippen molar-refractivity contribution in [2.75, 3.05) is 13.1 Å². The minimum absolute atomic E-state index is 0.0177. The number of aromatic amines is 1. The quantitative estimate of drug-likeness (QED) is 0.685. The van der Waals surface area contributed by atoms with Gasteiger partial charge in [-0.3, -0.25) is 14.7 Å². The van der Waals surface area contributed by atoms with Gasteiger partial charge in [-0.2, -0.15) is 5.10 Å². The normalized spacial score (nSPS) is 10.4. The van der Waals surface area contributed by atoms with Crippen LogP contribution in [0.25, 0.3) is 0 Å². The summed E-state index contributed by atoms with van der Waals surface area (Å²) >= 11 is 0. The molecule has 0 saturated carbocycles. The summed E-state index contributed by atoms with van der Waals surface area (Å²) in [5, 5.41) is 11.7. The zero-order valence-corrected chi connectivity index (χ0v) is 10.3. The van der Waals surface area contributed by atoms with Gasteiger partial charge in [0.1, 0.15) is 0 Å². The summed E-state index contributed by atoms with van der Waals surface area (Å²) in [5.41, 5.74) is 1.15. The van der Waals surface area contributed by atoms with Crippen LogP contribution in [0.15, 0.2) is 6.20 Å². The first-order valence-electron chi connectivity index (χ1n) is 5.55. The van der Waals surface area contributed by atoms with Crippen molar-refractivity contribution in [2.45, 2.75) is 20.8 Å². The molecular formula is C11H18N4O2. The van der Waals surface area contributed by atoms with Crippen molar-refractivity contribution in [3.63, 3.8) is 0 Å². The van der Waals surface area contributed by atoms with Gasteiger partial charge in [-0.1, -0.05) is 13.8 Å². The Morgan fingerprint density at radius 3 is 2.65 bits per heavy atom. The van der Waals surface area contributed by atoms with E-state index in [1.807, 2.05) is 13.8 Å². The van der Waals surface area contributed by atoms with Crippen molar-refractivity contribution < 1.29 is 9.59 Å². The number of nitrogens with one attached hydrogen (secondary N) is 3. The lowest BCUT2D eigenvalue weighted by Gasteiger charge is -2.08. The van der Waals surface area contributed by atoms with E-state index in [0.29, 0.717) is 23.7 Å². The van der Waals surface area contributed by atoms with E-state index >= 15 is 0 Å². The van der Waals surface area contributed by atoms with Crippen molar-refractivity contribution in [1.82, 2.24) is 20.8 Å². The van der Waals surface area contributed by atoms with Gasteiger partial charge in [0.05, 0.1) is 18.3 Å². The molecule has 0 saturated heterocycles. The molecule has 0 aliphatic heterocycles. The van der Waals surface area contributed by atoms with Crippen molar-refractivity contribution in [3.8, 4) is 0 Å².